The highest BCUT2D eigenvalue weighted by Gasteiger charge is 2.35. The van der Waals surface area contributed by atoms with E-state index in [0.717, 1.165) is 12.8 Å². The molecule has 1 aliphatic rings. The van der Waals surface area contributed by atoms with E-state index in [1.165, 1.54) is 7.11 Å². The minimum Gasteiger partial charge on any atom is -0.468 e. The lowest BCUT2D eigenvalue weighted by atomic mass is 9.84. The summed E-state index contributed by atoms with van der Waals surface area (Å²) in [5.41, 5.74) is 5.62. The standard InChI is InChI=1S/C10H19NO3/c1-10(2)6-7(4-5-14-10)8(11)9(12)13-3/h7-8H,4-6,11H2,1-3H3. The van der Waals surface area contributed by atoms with E-state index in [2.05, 4.69) is 4.74 Å². The Kier molecular flexibility index (Phi) is 3.50. The Labute approximate surface area is 84.7 Å². The number of carbonyl (C=O) groups excluding carboxylic acids is 1. The van der Waals surface area contributed by atoms with Crippen LogP contribution < -0.4 is 5.73 Å². The monoisotopic (exact) mass is 201 g/mol. The van der Waals surface area contributed by atoms with Crippen molar-refractivity contribution in [1.82, 2.24) is 0 Å². The number of nitrogens with two attached hydrogens (primary N) is 1. The first-order valence-corrected chi connectivity index (χ1v) is 4.93. The van der Waals surface area contributed by atoms with Crippen LogP contribution in [0.15, 0.2) is 0 Å². The maximum atomic E-state index is 11.2. The second kappa shape index (κ2) is 4.28. The molecule has 0 bridgehead atoms. The van der Waals surface area contributed by atoms with E-state index in [4.69, 9.17) is 10.5 Å². The van der Waals surface area contributed by atoms with Crippen LogP contribution in [0.3, 0.4) is 0 Å². The molecular weight excluding hydrogens is 182 g/mol. The molecule has 1 heterocycles. The summed E-state index contributed by atoms with van der Waals surface area (Å²) in [5.74, 6) is -0.154. The Bertz CT molecular complexity index is 215. The second-order valence-electron chi connectivity index (χ2n) is 4.41. The van der Waals surface area contributed by atoms with Gasteiger partial charge in [-0.25, -0.2) is 0 Å². The van der Waals surface area contributed by atoms with Gasteiger partial charge in [0.1, 0.15) is 6.04 Å². The highest BCUT2D eigenvalue weighted by Crippen LogP contribution is 2.30. The fourth-order valence-electron chi connectivity index (χ4n) is 1.91. The summed E-state index contributed by atoms with van der Waals surface area (Å²) < 4.78 is 10.2. The number of hydrogen-bond acceptors (Lipinski definition) is 4. The lowest BCUT2D eigenvalue weighted by molar-refractivity contribution is -0.146. The van der Waals surface area contributed by atoms with E-state index in [9.17, 15) is 4.79 Å². The molecule has 0 spiro atoms. The van der Waals surface area contributed by atoms with Gasteiger partial charge in [-0.3, -0.25) is 4.79 Å². The van der Waals surface area contributed by atoms with Gasteiger partial charge in [-0.1, -0.05) is 0 Å². The van der Waals surface area contributed by atoms with E-state index in [1.807, 2.05) is 13.8 Å². The largest absolute Gasteiger partial charge is 0.468 e. The lowest BCUT2D eigenvalue weighted by Gasteiger charge is -2.37. The summed E-state index contributed by atoms with van der Waals surface area (Å²) in [5, 5.41) is 0. The number of methoxy groups -OCH3 is 1. The van der Waals surface area contributed by atoms with Crippen LogP contribution in [0.2, 0.25) is 0 Å². The Balaban J connectivity index is 2.56. The zero-order valence-corrected chi connectivity index (χ0v) is 9.08. The average molecular weight is 201 g/mol. The number of carbonyl (C=O) groups is 1. The van der Waals surface area contributed by atoms with Gasteiger partial charge in [-0.05, 0) is 32.6 Å². The third-order valence-electron chi connectivity index (χ3n) is 2.72. The first-order chi connectivity index (χ1) is 6.46. The quantitative estimate of drug-likeness (QED) is 0.668. The van der Waals surface area contributed by atoms with Crippen LogP contribution in [0.1, 0.15) is 26.7 Å². The highest BCUT2D eigenvalue weighted by atomic mass is 16.5. The van der Waals surface area contributed by atoms with Crippen LogP contribution in [-0.4, -0.2) is 31.3 Å². The van der Waals surface area contributed by atoms with Gasteiger partial charge < -0.3 is 15.2 Å². The fourth-order valence-corrected chi connectivity index (χ4v) is 1.91. The molecule has 1 fully saturated rings. The molecule has 14 heavy (non-hydrogen) atoms. The zero-order valence-electron chi connectivity index (χ0n) is 9.08. The van der Waals surface area contributed by atoms with Gasteiger partial charge in [0.2, 0.25) is 0 Å². The molecule has 2 unspecified atom stereocenters. The van der Waals surface area contributed by atoms with Gasteiger partial charge in [0.15, 0.2) is 0 Å². The molecule has 0 aliphatic carbocycles. The molecule has 0 amide bonds. The van der Waals surface area contributed by atoms with Crippen molar-refractivity contribution >= 4 is 5.97 Å². The van der Waals surface area contributed by atoms with Gasteiger partial charge >= 0.3 is 5.97 Å². The minimum absolute atomic E-state index is 0.172. The molecular formula is C10H19NO3. The summed E-state index contributed by atoms with van der Waals surface area (Å²) in [6.07, 6.45) is 1.64. The molecule has 0 aromatic rings. The van der Waals surface area contributed by atoms with Crippen LogP contribution in [-0.2, 0) is 14.3 Å². The summed E-state index contributed by atoms with van der Waals surface area (Å²) in [6.45, 7) is 4.70. The van der Waals surface area contributed by atoms with E-state index < -0.39 is 6.04 Å². The number of ether oxygens (including phenoxy) is 2. The molecule has 1 saturated heterocycles. The van der Waals surface area contributed by atoms with E-state index >= 15 is 0 Å². The topological polar surface area (TPSA) is 61.5 Å². The zero-order chi connectivity index (χ0) is 10.8. The van der Waals surface area contributed by atoms with Crippen molar-refractivity contribution in [2.24, 2.45) is 11.7 Å². The molecule has 1 rings (SSSR count). The van der Waals surface area contributed by atoms with Gasteiger partial charge in [0.05, 0.1) is 12.7 Å². The van der Waals surface area contributed by atoms with Crippen LogP contribution in [0, 0.1) is 5.92 Å². The Morgan fingerprint density at radius 1 is 1.64 bits per heavy atom. The maximum absolute atomic E-state index is 11.2. The predicted molar refractivity (Wildman–Crippen MR) is 52.7 cm³/mol. The number of hydrogen-bond donors (Lipinski definition) is 1. The smallest absolute Gasteiger partial charge is 0.322 e. The summed E-state index contributed by atoms with van der Waals surface area (Å²) in [7, 11) is 1.37. The predicted octanol–water partition coefficient (Wildman–Crippen LogP) is 0.692. The van der Waals surface area contributed by atoms with E-state index in [1.54, 1.807) is 0 Å². The minimum atomic E-state index is -0.511. The lowest BCUT2D eigenvalue weighted by Crippen LogP contribution is -2.46. The number of esters is 1. The normalized spacial score (nSPS) is 28.1. The molecule has 4 nitrogen and oxygen atoms in total. The molecule has 0 saturated carbocycles. The van der Waals surface area contributed by atoms with Gasteiger partial charge in [0.25, 0.3) is 0 Å². The van der Waals surface area contributed by atoms with Crippen molar-refractivity contribution in [3.05, 3.63) is 0 Å². The van der Waals surface area contributed by atoms with Crippen molar-refractivity contribution in [3.63, 3.8) is 0 Å². The first-order valence-electron chi connectivity index (χ1n) is 4.93. The molecule has 1 aliphatic heterocycles. The van der Waals surface area contributed by atoms with Gasteiger partial charge in [-0.15, -0.1) is 0 Å². The third-order valence-corrected chi connectivity index (χ3v) is 2.72. The summed E-state index contributed by atoms with van der Waals surface area (Å²) in [6, 6.07) is -0.511. The van der Waals surface area contributed by atoms with Crippen LogP contribution in [0.4, 0.5) is 0 Å². The first kappa shape index (κ1) is 11.5. The molecule has 2 atom stereocenters. The summed E-state index contributed by atoms with van der Waals surface area (Å²) >= 11 is 0. The van der Waals surface area contributed by atoms with Crippen molar-refractivity contribution in [3.8, 4) is 0 Å². The third kappa shape index (κ3) is 2.69. The molecule has 82 valence electrons. The van der Waals surface area contributed by atoms with Gasteiger partial charge in [-0.2, -0.15) is 0 Å². The van der Waals surface area contributed by atoms with Crippen molar-refractivity contribution < 1.29 is 14.3 Å². The molecule has 0 aromatic carbocycles. The Hall–Kier alpha value is -0.610. The second-order valence-corrected chi connectivity index (χ2v) is 4.41. The van der Waals surface area contributed by atoms with Crippen LogP contribution in [0.25, 0.3) is 0 Å². The van der Waals surface area contributed by atoms with Crippen molar-refractivity contribution in [2.45, 2.75) is 38.3 Å². The Morgan fingerprint density at radius 2 is 2.29 bits per heavy atom. The maximum Gasteiger partial charge on any atom is 0.322 e. The average Bonchev–Trinajstić information content (AvgIpc) is 2.14. The number of rotatable bonds is 2. The summed E-state index contributed by atoms with van der Waals surface area (Å²) in [4.78, 5) is 11.2. The highest BCUT2D eigenvalue weighted by molar-refractivity contribution is 5.75. The van der Waals surface area contributed by atoms with Crippen LogP contribution >= 0.6 is 0 Å². The van der Waals surface area contributed by atoms with E-state index in [-0.39, 0.29) is 17.5 Å². The van der Waals surface area contributed by atoms with E-state index in [0.29, 0.717) is 6.61 Å². The van der Waals surface area contributed by atoms with Gasteiger partial charge in [0, 0.05) is 6.61 Å². The van der Waals surface area contributed by atoms with Crippen LogP contribution in [0.5, 0.6) is 0 Å². The molecule has 0 aromatic heterocycles. The molecule has 2 N–H and O–H groups in total. The fraction of sp³-hybridized carbons (Fsp3) is 0.900. The Morgan fingerprint density at radius 3 is 2.79 bits per heavy atom. The van der Waals surface area contributed by atoms with Crippen molar-refractivity contribution in [2.75, 3.05) is 13.7 Å². The van der Waals surface area contributed by atoms with Crippen molar-refractivity contribution in [1.29, 1.82) is 0 Å². The molecule has 4 heteroatoms. The molecule has 0 radical (unpaired) electrons. The SMILES string of the molecule is COC(=O)C(N)C1CCOC(C)(C)C1.